The lowest BCUT2D eigenvalue weighted by molar-refractivity contribution is 0.669. The van der Waals surface area contributed by atoms with Crippen molar-refractivity contribution in [3.05, 3.63) is 169 Å². The molecule has 3 heteroatoms. The topological polar surface area (TPSA) is 31.0 Å². The highest BCUT2D eigenvalue weighted by Crippen LogP contribution is 2.40. The molecule has 0 fully saturated rings. The average Bonchev–Trinajstić information content (AvgIpc) is 3.70. The predicted octanol–water partition coefficient (Wildman–Crippen LogP) is 12.5. The Morgan fingerprint density at radius 1 is 0.449 bits per heavy atom. The van der Waals surface area contributed by atoms with Crippen LogP contribution in [0.2, 0.25) is 0 Å². The third-order valence-electron chi connectivity index (χ3n) is 9.83. The van der Waals surface area contributed by atoms with Crippen molar-refractivity contribution in [1.82, 2.24) is 9.55 Å². The van der Waals surface area contributed by atoms with Gasteiger partial charge in [0.1, 0.15) is 17.0 Å². The minimum Gasteiger partial charge on any atom is -0.456 e. The van der Waals surface area contributed by atoms with Crippen molar-refractivity contribution in [2.75, 3.05) is 0 Å². The summed E-state index contributed by atoms with van der Waals surface area (Å²) in [4.78, 5) is 5.38. The number of para-hydroxylation sites is 1. The van der Waals surface area contributed by atoms with Gasteiger partial charge in [-0.15, -0.1) is 0 Å². The summed E-state index contributed by atoms with van der Waals surface area (Å²) in [7, 11) is 0. The summed E-state index contributed by atoms with van der Waals surface area (Å²) < 4.78 is 8.50. The van der Waals surface area contributed by atoms with Crippen molar-refractivity contribution in [2.45, 2.75) is 6.92 Å². The standard InChI is InChI=1S/C46H30N2O/c1-29-10-9-14-34(24-29)40-27-35(30-11-3-2-4-12-30)28-45(47-40)48-41-21-19-32(26-39(41)46-36-15-6-5-13-31(36)18-22-42(46)48)33-20-23-44-38(25-33)37-16-7-8-17-43(37)49-44/h2-28H,1H3. The first-order valence-corrected chi connectivity index (χ1v) is 16.7. The molecular formula is C46H30N2O. The van der Waals surface area contributed by atoms with Gasteiger partial charge in [0.25, 0.3) is 0 Å². The summed E-state index contributed by atoms with van der Waals surface area (Å²) in [5.41, 5.74) is 12.0. The molecule has 10 rings (SSSR count). The third-order valence-corrected chi connectivity index (χ3v) is 9.83. The Balaban J connectivity index is 1.26. The number of hydrogen-bond donors (Lipinski definition) is 0. The van der Waals surface area contributed by atoms with Crippen LogP contribution >= 0.6 is 0 Å². The van der Waals surface area contributed by atoms with Crippen LogP contribution in [-0.2, 0) is 0 Å². The van der Waals surface area contributed by atoms with Crippen LogP contribution in [0.3, 0.4) is 0 Å². The second-order valence-corrected chi connectivity index (χ2v) is 12.9. The largest absolute Gasteiger partial charge is 0.456 e. The number of furan rings is 1. The smallest absolute Gasteiger partial charge is 0.138 e. The average molecular weight is 627 g/mol. The molecule has 7 aromatic carbocycles. The monoisotopic (exact) mass is 626 g/mol. The van der Waals surface area contributed by atoms with Gasteiger partial charge in [0, 0.05) is 27.1 Å². The molecule has 230 valence electrons. The second kappa shape index (κ2) is 10.8. The van der Waals surface area contributed by atoms with Crippen LogP contribution in [0.25, 0.3) is 93.8 Å². The Kier molecular flexibility index (Phi) is 6.09. The van der Waals surface area contributed by atoms with Gasteiger partial charge < -0.3 is 4.42 Å². The maximum atomic E-state index is 6.15. The first-order valence-electron chi connectivity index (χ1n) is 16.7. The molecule has 0 aliphatic heterocycles. The molecule has 0 aliphatic rings. The van der Waals surface area contributed by atoms with E-state index in [0.29, 0.717) is 0 Å². The number of nitrogens with zero attached hydrogens (tertiary/aromatic N) is 2. The highest BCUT2D eigenvalue weighted by molar-refractivity contribution is 6.22. The molecule has 0 spiro atoms. The number of benzene rings is 7. The van der Waals surface area contributed by atoms with Gasteiger partial charge in [-0.3, -0.25) is 4.57 Å². The number of aromatic nitrogens is 2. The van der Waals surface area contributed by atoms with Crippen molar-refractivity contribution in [3.8, 4) is 39.3 Å². The summed E-state index contributed by atoms with van der Waals surface area (Å²) in [6.45, 7) is 2.13. The first-order chi connectivity index (χ1) is 24.2. The highest BCUT2D eigenvalue weighted by atomic mass is 16.3. The molecule has 0 aliphatic carbocycles. The van der Waals surface area contributed by atoms with Crippen LogP contribution in [0, 0.1) is 6.92 Å². The lowest BCUT2D eigenvalue weighted by atomic mass is 9.99. The molecule has 10 aromatic rings. The molecule has 0 saturated carbocycles. The molecule has 0 atom stereocenters. The maximum absolute atomic E-state index is 6.15. The van der Waals surface area contributed by atoms with Crippen LogP contribution in [0.15, 0.2) is 168 Å². The van der Waals surface area contributed by atoms with Crippen LogP contribution in [0.1, 0.15) is 5.56 Å². The molecule has 0 saturated heterocycles. The number of aryl methyl sites for hydroxylation is 1. The van der Waals surface area contributed by atoms with E-state index in [9.17, 15) is 0 Å². The van der Waals surface area contributed by atoms with Gasteiger partial charge in [0.2, 0.25) is 0 Å². The van der Waals surface area contributed by atoms with E-state index < -0.39 is 0 Å². The predicted molar refractivity (Wildman–Crippen MR) is 204 cm³/mol. The molecule has 3 aromatic heterocycles. The molecule has 0 N–H and O–H groups in total. The van der Waals surface area contributed by atoms with Gasteiger partial charge in [0.15, 0.2) is 0 Å². The first kappa shape index (κ1) is 27.6. The Morgan fingerprint density at radius 2 is 1.16 bits per heavy atom. The molecule has 0 bridgehead atoms. The summed E-state index contributed by atoms with van der Waals surface area (Å²) >= 11 is 0. The summed E-state index contributed by atoms with van der Waals surface area (Å²) in [5, 5.41) is 7.15. The van der Waals surface area contributed by atoms with Gasteiger partial charge in [-0.25, -0.2) is 4.98 Å². The number of rotatable bonds is 4. The van der Waals surface area contributed by atoms with E-state index in [4.69, 9.17) is 9.40 Å². The lowest BCUT2D eigenvalue weighted by Gasteiger charge is -2.13. The van der Waals surface area contributed by atoms with Crippen LogP contribution < -0.4 is 0 Å². The molecule has 0 unspecified atom stereocenters. The fraction of sp³-hybridized carbons (Fsp3) is 0.0217. The van der Waals surface area contributed by atoms with Crippen molar-refractivity contribution in [1.29, 1.82) is 0 Å². The van der Waals surface area contributed by atoms with Gasteiger partial charge in [-0.1, -0.05) is 115 Å². The minimum atomic E-state index is 0.896. The van der Waals surface area contributed by atoms with Crippen molar-refractivity contribution in [2.24, 2.45) is 0 Å². The van der Waals surface area contributed by atoms with E-state index in [1.807, 2.05) is 12.1 Å². The van der Waals surface area contributed by atoms with E-state index in [-0.39, 0.29) is 0 Å². The number of fused-ring (bicyclic) bond motifs is 8. The zero-order valence-electron chi connectivity index (χ0n) is 26.9. The van der Waals surface area contributed by atoms with Crippen LogP contribution in [0.4, 0.5) is 0 Å². The Morgan fingerprint density at radius 3 is 2.04 bits per heavy atom. The van der Waals surface area contributed by atoms with E-state index >= 15 is 0 Å². The fourth-order valence-electron chi connectivity index (χ4n) is 7.50. The second-order valence-electron chi connectivity index (χ2n) is 12.9. The molecule has 3 nitrogen and oxygen atoms in total. The summed E-state index contributed by atoms with van der Waals surface area (Å²) in [5.74, 6) is 0.896. The zero-order valence-corrected chi connectivity index (χ0v) is 26.9. The Hall–Kier alpha value is -6.45. The van der Waals surface area contributed by atoms with Crippen molar-refractivity contribution >= 4 is 54.5 Å². The van der Waals surface area contributed by atoms with Crippen LogP contribution in [-0.4, -0.2) is 9.55 Å². The zero-order chi connectivity index (χ0) is 32.5. The Labute approximate surface area is 283 Å². The maximum Gasteiger partial charge on any atom is 0.138 e. The fourth-order valence-corrected chi connectivity index (χ4v) is 7.50. The number of pyridine rings is 1. The summed E-state index contributed by atoms with van der Waals surface area (Å²) in [6.07, 6.45) is 0. The van der Waals surface area contributed by atoms with E-state index in [1.54, 1.807) is 0 Å². The normalized spacial score (nSPS) is 11.8. The molecule has 0 radical (unpaired) electrons. The van der Waals surface area contributed by atoms with E-state index in [2.05, 4.69) is 163 Å². The molecular weight excluding hydrogens is 597 g/mol. The lowest BCUT2D eigenvalue weighted by Crippen LogP contribution is -2.00. The molecule has 0 amide bonds. The quantitative estimate of drug-likeness (QED) is 0.195. The van der Waals surface area contributed by atoms with Gasteiger partial charge in [0.05, 0.1) is 16.7 Å². The minimum absolute atomic E-state index is 0.896. The molecule has 49 heavy (non-hydrogen) atoms. The summed E-state index contributed by atoms with van der Waals surface area (Å²) in [6, 6.07) is 58.5. The van der Waals surface area contributed by atoms with E-state index in [0.717, 1.165) is 72.3 Å². The van der Waals surface area contributed by atoms with Crippen LogP contribution in [0.5, 0.6) is 0 Å². The Bertz CT molecular complexity index is 2890. The van der Waals surface area contributed by atoms with Gasteiger partial charge >= 0.3 is 0 Å². The SMILES string of the molecule is Cc1cccc(-c2cc(-c3ccccc3)cc(-n3c4ccc(-c5ccc6oc7ccccc7c6c5)cc4c4c5ccccc5ccc43)n2)c1. The number of hydrogen-bond acceptors (Lipinski definition) is 2. The van der Waals surface area contributed by atoms with Crippen molar-refractivity contribution < 1.29 is 4.42 Å². The van der Waals surface area contributed by atoms with Gasteiger partial charge in [-0.2, -0.15) is 0 Å². The highest BCUT2D eigenvalue weighted by Gasteiger charge is 2.19. The molecule has 3 heterocycles. The third kappa shape index (κ3) is 4.47. The van der Waals surface area contributed by atoms with E-state index in [1.165, 1.54) is 27.1 Å². The van der Waals surface area contributed by atoms with Crippen molar-refractivity contribution in [3.63, 3.8) is 0 Å². The van der Waals surface area contributed by atoms with Gasteiger partial charge in [-0.05, 0) is 94.5 Å².